The molecule has 0 amide bonds. The van der Waals surface area contributed by atoms with E-state index in [1.54, 1.807) is 0 Å². The Labute approximate surface area is 165 Å². The Morgan fingerprint density at radius 1 is 0.571 bits per heavy atom. The Morgan fingerprint density at radius 3 is 2.21 bits per heavy atom. The van der Waals surface area contributed by atoms with Gasteiger partial charge in [0, 0.05) is 47.9 Å². The maximum Gasteiger partial charge on any atom is 0.0628 e. The molecule has 0 unspecified atom stereocenters. The van der Waals surface area contributed by atoms with Crippen LogP contribution in [0.2, 0.25) is 0 Å². The van der Waals surface area contributed by atoms with Crippen LogP contribution < -0.4 is 0 Å². The van der Waals surface area contributed by atoms with Gasteiger partial charge in [0.05, 0.1) is 11.0 Å². The number of nitrogens with zero attached hydrogens (tertiary/aromatic N) is 1. The van der Waals surface area contributed by atoms with Crippen molar-refractivity contribution in [2.24, 2.45) is 0 Å². The molecule has 0 aliphatic carbocycles. The lowest BCUT2D eigenvalue weighted by Gasteiger charge is -2.10. The topological polar surface area (TPSA) is 4.41 Å². The van der Waals surface area contributed by atoms with Crippen molar-refractivity contribution >= 4 is 69.5 Å². The van der Waals surface area contributed by atoms with E-state index < -0.39 is 0 Å². The van der Waals surface area contributed by atoms with Gasteiger partial charge < -0.3 is 4.40 Å². The second-order valence-corrected chi connectivity index (χ2v) is 8.47. The first-order valence-corrected chi connectivity index (χ1v) is 10.4. The van der Waals surface area contributed by atoms with E-state index in [2.05, 4.69) is 95.5 Å². The van der Waals surface area contributed by atoms with Crippen molar-refractivity contribution in [1.82, 2.24) is 4.40 Å². The first kappa shape index (κ1) is 14.7. The van der Waals surface area contributed by atoms with Gasteiger partial charge in [0.15, 0.2) is 0 Å². The summed E-state index contributed by atoms with van der Waals surface area (Å²) in [5, 5.41) is 9.35. The van der Waals surface area contributed by atoms with Gasteiger partial charge in [0.25, 0.3) is 0 Å². The predicted octanol–water partition coefficient (Wildman–Crippen LogP) is 7.77. The van der Waals surface area contributed by atoms with Crippen molar-refractivity contribution < 1.29 is 0 Å². The molecule has 2 heteroatoms. The third-order valence-corrected chi connectivity index (χ3v) is 7.17. The number of aromatic nitrogens is 1. The zero-order valence-electron chi connectivity index (χ0n) is 15.0. The van der Waals surface area contributed by atoms with Crippen LogP contribution in [0, 0.1) is 0 Å². The molecule has 0 radical (unpaired) electrons. The molecule has 130 valence electrons. The molecule has 0 fully saturated rings. The van der Waals surface area contributed by atoms with E-state index in [9.17, 15) is 0 Å². The smallest absolute Gasteiger partial charge is 0.0628 e. The average molecular weight is 373 g/mol. The lowest BCUT2D eigenvalue weighted by molar-refractivity contribution is 1.30. The first-order valence-electron chi connectivity index (χ1n) is 9.55. The van der Waals surface area contributed by atoms with Crippen LogP contribution in [0.1, 0.15) is 0 Å². The van der Waals surface area contributed by atoms with E-state index in [1.165, 1.54) is 58.1 Å². The molecule has 0 saturated heterocycles. The van der Waals surface area contributed by atoms with Crippen LogP contribution in [-0.4, -0.2) is 4.40 Å². The van der Waals surface area contributed by atoms with Crippen LogP contribution in [-0.2, 0) is 0 Å². The van der Waals surface area contributed by atoms with Gasteiger partial charge in [-0.15, -0.1) is 11.3 Å². The number of para-hydroxylation sites is 1. The Kier molecular flexibility index (Phi) is 2.68. The van der Waals surface area contributed by atoms with Gasteiger partial charge in [-0.3, -0.25) is 0 Å². The van der Waals surface area contributed by atoms with E-state index in [-0.39, 0.29) is 0 Å². The lowest BCUT2D eigenvalue weighted by atomic mass is 10.0. The Morgan fingerprint density at radius 2 is 1.29 bits per heavy atom. The monoisotopic (exact) mass is 373 g/mol. The van der Waals surface area contributed by atoms with Crippen LogP contribution in [0.3, 0.4) is 0 Å². The van der Waals surface area contributed by atoms with Crippen LogP contribution in [0.15, 0.2) is 91.1 Å². The first-order chi connectivity index (χ1) is 13.9. The molecule has 0 atom stereocenters. The molecule has 7 rings (SSSR count). The largest absolute Gasteiger partial charge is 0.315 e. The van der Waals surface area contributed by atoms with Gasteiger partial charge in [0.2, 0.25) is 0 Å². The second-order valence-electron chi connectivity index (χ2n) is 7.42. The van der Waals surface area contributed by atoms with Crippen molar-refractivity contribution in [2.45, 2.75) is 0 Å². The minimum Gasteiger partial charge on any atom is -0.315 e. The molecule has 0 spiro atoms. The number of hydrogen-bond acceptors (Lipinski definition) is 1. The molecule has 3 aromatic heterocycles. The van der Waals surface area contributed by atoms with Crippen molar-refractivity contribution in [3.8, 4) is 0 Å². The van der Waals surface area contributed by atoms with Crippen molar-refractivity contribution in [3.05, 3.63) is 91.1 Å². The molecular weight excluding hydrogens is 358 g/mol. The molecule has 1 nitrogen and oxygen atoms in total. The fourth-order valence-corrected chi connectivity index (χ4v) is 6.01. The second kappa shape index (κ2) is 5.12. The highest BCUT2D eigenvalue weighted by atomic mass is 32.1. The zero-order valence-corrected chi connectivity index (χ0v) is 15.8. The van der Waals surface area contributed by atoms with Gasteiger partial charge in [-0.2, -0.15) is 0 Å². The van der Waals surface area contributed by atoms with Crippen molar-refractivity contribution in [3.63, 3.8) is 0 Å². The molecule has 0 N–H and O–H groups in total. The molecule has 4 aromatic carbocycles. The number of hydrogen-bond donors (Lipinski definition) is 0. The van der Waals surface area contributed by atoms with Gasteiger partial charge in [-0.25, -0.2) is 0 Å². The summed E-state index contributed by atoms with van der Waals surface area (Å²) in [6.45, 7) is 0. The summed E-state index contributed by atoms with van der Waals surface area (Å²) in [5.41, 5.74) is 2.59. The van der Waals surface area contributed by atoms with Gasteiger partial charge in [0.1, 0.15) is 0 Å². The minimum absolute atomic E-state index is 1.27. The van der Waals surface area contributed by atoms with Crippen LogP contribution >= 0.6 is 11.3 Å². The number of fused-ring (bicyclic) bond motifs is 12. The van der Waals surface area contributed by atoms with Gasteiger partial charge in [-0.05, 0) is 17.5 Å². The average Bonchev–Trinajstić information content (AvgIpc) is 3.32. The fourth-order valence-electron chi connectivity index (χ4n) is 4.76. The van der Waals surface area contributed by atoms with E-state index in [4.69, 9.17) is 0 Å². The number of thiophene rings is 1. The predicted molar refractivity (Wildman–Crippen MR) is 123 cm³/mol. The van der Waals surface area contributed by atoms with E-state index in [0.717, 1.165) is 0 Å². The van der Waals surface area contributed by atoms with E-state index >= 15 is 0 Å². The lowest BCUT2D eigenvalue weighted by Crippen LogP contribution is -1.89. The molecule has 0 aliphatic rings. The summed E-state index contributed by atoms with van der Waals surface area (Å²) in [7, 11) is 0. The summed E-state index contributed by atoms with van der Waals surface area (Å²) in [6.07, 6.45) is 2.29. The third kappa shape index (κ3) is 1.71. The molecule has 0 saturated carbocycles. The highest BCUT2D eigenvalue weighted by molar-refractivity contribution is 7.26. The third-order valence-electron chi connectivity index (χ3n) is 5.96. The summed E-state index contributed by atoms with van der Waals surface area (Å²) >= 11 is 1.91. The maximum absolute atomic E-state index is 2.40. The molecule has 0 bridgehead atoms. The van der Waals surface area contributed by atoms with Gasteiger partial charge in [-0.1, -0.05) is 72.8 Å². The summed E-state index contributed by atoms with van der Waals surface area (Å²) in [5.74, 6) is 0. The van der Waals surface area contributed by atoms with Crippen LogP contribution in [0.5, 0.6) is 0 Å². The maximum atomic E-state index is 2.40. The van der Waals surface area contributed by atoms with Crippen LogP contribution in [0.4, 0.5) is 0 Å². The molecule has 3 heterocycles. The highest BCUT2D eigenvalue weighted by Crippen LogP contribution is 2.43. The Bertz CT molecular complexity index is 1720. The SMILES string of the molecule is c1ccc2c(c1)cn1c3ccccc3c3ccc4c5ccccc5sc4c3c21. The quantitative estimate of drug-likeness (QED) is 0.239. The van der Waals surface area contributed by atoms with Crippen LogP contribution in [0.25, 0.3) is 58.1 Å². The number of rotatable bonds is 0. The highest BCUT2D eigenvalue weighted by Gasteiger charge is 2.16. The summed E-state index contributed by atoms with van der Waals surface area (Å²) in [6, 6.07) is 30.9. The fraction of sp³-hybridized carbons (Fsp3) is 0. The summed E-state index contributed by atoms with van der Waals surface area (Å²) in [4.78, 5) is 0. The Hall–Kier alpha value is -3.36. The molecule has 28 heavy (non-hydrogen) atoms. The molecule has 7 aromatic rings. The number of benzene rings is 4. The summed E-state index contributed by atoms with van der Waals surface area (Å²) < 4.78 is 5.14. The standard InChI is InChI=1S/C26H15NS/c1-2-8-17-16(7-1)15-27-22-11-5-3-9-18(22)20-13-14-21-19-10-4-6-12-23(19)28-26(21)24(20)25(17)27/h1-15H. The van der Waals surface area contributed by atoms with E-state index in [1.807, 2.05) is 11.3 Å². The van der Waals surface area contributed by atoms with Crippen molar-refractivity contribution in [1.29, 1.82) is 0 Å². The molecule has 0 aliphatic heterocycles. The van der Waals surface area contributed by atoms with Gasteiger partial charge >= 0.3 is 0 Å². The zero-order chi connectivity index (χ0) is 18.2. The van der Waals surface area contributed by atoms with Crippen molar-refractivity contribution in [2.75, 3.05) is 0 Å². The Balaban J connectivity index is 1.91. The number of pyridine rings is 1. The normalized spacial score (nSPS) is 12.3. The minimum atomic E-state index is 1.27. The molecular formula is C26H15NS. The van der Waals surface area contributed by atoms with E-state index in [0.29, 0.717) is 0 Å².